The predicted octanol–water partition coefficient (Wildman–Crippen LogP) is 5.84. The van der Waals surface area contributed by atoms with Gasteiger partial charge in [0.05, 0.1) is 11.1 Å². The average Bonchev–Trinajstić information content (AvgIpc) is 2.94. The molecule has 0 unspecified atom stereocenters. The van der Waals surface area contributed by atoms with Gasteiger partial charge in [-0.1, -0.05) is 61.7 Å². The van der Waals surface area contributed by atoms with Gasteiger partial charge in [-0.05, 0) is 18.6 Å². The molecule has 6 nitrogen and oxygen atoms in total. The molecule has 0 saturated carbocycles. The summed E-state index contributed by atoms with van der Waals surface area (Å²) in [7, 11) is 0. The van der Waals surface area contributed by atoms with Crippen molar-refractivity contribution in [2.45, 2.75) is 32.7 Å². The zero-order valence-corrected chi connectivity index (χ0v) is 15.8. The van der Waals surface area contributed by atoms with Crippen LogP contribution < -0.4 is 5.43 Å². The van der Waals surface area contributed by atoms with Crippen molar-refractivity contribution in [1.29, 1.82) is 0 Å². The Morgan fingerprint density at radius 3 is 2.70 bits per heavy atom. The number of hydrogen-bond acceptors (Lipinski definition) is 4. The van der Waals surface area contributed by atoms with Gasteiger partial charge in [0, 0.05) is 29.1 Å². The van der Waals surface area contributed by atoms with Gasteiger partial charge < -0.3 is 4.57 Å². The number of benzene rings is 2. The molecular weight excluding hydrogens is 364 g/mol. The number of halogens is 1. The van der Waals surface area contributed by atoms with Crippen LogP contribution in [0.3, 0.4) is 0 Å². The number of anilines is 1. The summed E-state index contributed by atoms with van der Waals surface area (Å²) in [5.41, 5.74) is 4.93. The van der Waals surface area contributed by atoms with E-state index in [-0.39, 0.29) is 5.69 Å². The lowest BCUT2D eigenvalue weighted by Gasteiger charge is -2.06. The molecule has 1 heterocycles. The van der Waals surface area contributed by atoms with E-state index in [2.05, 4.69) is 22.0 Å². The van der Waals surface area contributed by atoms with Crippen LogP contribution in [0.2, 0.25) is 5.15 Å². The second-order valence-electron chi connectivity index (χ2n) is 6.22. The first-order chi connectivity index (χ1) is 13.1. The number of unbranched alkanes of at least 4 members (excludes halogenated alkanes) is 2. The molecule has 2 aromatic carbocycles. The lowest BCUT2D eigenvalue weighted by atomic mass is 10.2. The Kier molecular flexibility index (Phi) is 6.08. The molecule has 0 aliphatic rings. The molecule has 0 radical (unpaired) electrons. The second-order valence-corrected chi connectivity index (χ2v) is 6.58. The largest absolute Gasteiger partial charge is 0.331 e. The lowest BCUT2D eigenvalue weighted by molar-refractivity contribution is -0.384. The van der Waals surface area contributed by atoms with Gasteiger partial charge in [0.25, 0.3) is 5.69 Å². The maximum absolute atomic E-state index is 11.1. The van der Waals surface area contributed by atoms with E-state index < -0.39 is 4.92 Å². The van der Waals surface area contributed by atoms with E-state index in [1.807, 2.05) is 24.3 Å². The normalized spacial score (nSPS) is 11.3. The van der Waals surface area contributed by atoms with Gasteiger partial charge in [-0.15, -0.1) is 0 Å². The van der Waals surface area contributed by atoms with Crippen LogP contribution in [-0.4, -0.2) is 15.7 Å². The molecule has 1 N–H and O–H groups in total. The number of hydrogen-bond donors (Lipinski definition) is 1. The topological polar surface area (TPSA) is 72.5 Å². The highest BCUT2D eigenvalue weighted by Gasteiger charge is 2.14. The van der Waals surface area contributed by atoms with E-state index in [0.717, 1.165) is 42.3 Å². The van der Waals surface area contributed by atoms with Gasteiger partial charge in [-0.2, -0.15) is 5.10 Å². The van der Waals surface area contributed by atoms with Gasteiger partial charge in [-0.3, -0.25) is 15.5 Å². The van der Waals surface area contributed by atoms with Crippen molar-refractivity contribution in [3.8, 4) is 0 Å². The number of nitro benzene ring substituents is 1. The highest BCUT2D eigenvalue weighted by Crippen LogP contribution is 2.30. The molecule has 0 spiro atoms. The number of nitrogens with one attached hydrogen (secondary N) is 1. The van der Waals surface area contributed by atoms with Gasteiger partial charge in [0.1, 0.15) is 10.8 Å². The highest BCUT2D eigenvalue weighted by molar-refractivity contribution is 6.34. The van der Waals surface area contributed by atoms with Gasteiger partial charge in [0.15, 0.2) is 0 Å². The molecular formula is C20H21ClN4O2. The Labute approximate surface area is 162 Å². The number of hydrazone groups is 1. The summed E-state index contributed by atoms with van der Waals surface area (Å²) in [5.74, 6) is 0. The van der Waals surface area contributed by atoms with Gasteiger partial charge in [-0.25, -0.2) is 0 Å². The molecule has 0 aliphatic heterocycles. The van der Waals surface area contributed by atoms with Crippen molar-refractivity contribution in [2.75, 3.05) is 5.43 Å². The molecule has 0 atom stereocenters. The molecule has 140 valence electrons. The van der Waals surface area contributed by atoms with Crippen molar-refractivity contribution in [3.63, 3.8) is 0 Å². The van der Waals surface area contributed by atoms with Crippen molar-refractivity contribution in [3.05, 3.63) is 69.4 Å². The molecule has 0 amide bonds. The van der Waals surface area contributed by atoms with E-state index in [1.54, 1.807) is 24.4 Å². The van der Waals surface area contributed by atoms with Crippen LogP contribution >= 0.6 is 11.6 Å². The Morgan fingerprint density at radius 2 is 1.93 bits per heavy atom. The van der Waals surface area contributed by atoms with Crippen molar-refractivity contribution in [2.24, 2.45) is 5.10 Å². The molecule has 3 aromatic rings. The molecule has 0 saturated heterocycles. The molecule has 0 aliphatic carbocycles. The van der Waals surface area contributed by atoms with Crippen LogP contribution in [0.1, 0.15) is 31.7 Å². The van der Waals surface area contributed by atoms with Gasteiger partial charge >= 0.3 is 0 Å². The number of aromatic nitrogens is 1. The summed E-state index contributed by atoms with van der Waals surface area (Å²) >= 11 is 6.63. The number of nitro groups is 1. The smallest absolute Gasteiger partial charge is 0.294 e. The molecule has 7 heteroatoms. The summed E-state index contributed by atoms with van der Waals surface area (Å²) < 4.78 is 2.10. The number of fused-ring (bicyclic) bond motifs is 1. The summed E-state index contributed by atoms with van der Waals surface area (Å²) in [5, 5.41) is 16.9. The van der Waals surface area contributed by atoms with E-state index in [1.165, 1.54) is 6.07 Å². The fourth-order valence-corrected chi connectivity index (χ4v) is 3.38. The Bertz CT molecular complexity index is 981. The zero-order chi connectivity index (χ0) is 19.2. The van der Waals surface area contributed by atoms with Crippen LogP contribution in [0, 0.1) is 10.1 Å². The minimum atomic E-state index is -0.440. The Hall–Kier alpha value is -2.86. The number of aryl methyl sites for hydroxylation is 1. The summed E-state index contributed by atoms with van der Waals surface area (Å²) in [4.78, 5) is 10.7. The number of nitrogens with zero attached hydrogens (tertiary/aromatic N) is 3. The minimum Gasteiger partial charge on any atom is -0.331 e. The Morgan fingerprint density at radius 1 is 1.19 bits per heavy atom. The average molecular weight is 385 g/mol. The first-order valence-corrected chi connectivity index (χ1v) is 9.30. The molecule has 1 aromatic heterocycles. The maximum atomic E-state index is 11.1. The van der Waals surface area contributed by atoms with Crippen LogP contribution in [0.15, 0.2) is 53.6 Å². The predicted molar refractivity (Wildman–Crippen MR) is 111 cm³/mol. The number of rotatable bonds is 8. The maximum Gasteiger partial charge on any atom is 0.294 e. The molecule has 0 bridgehead atoms. The van der Waals surface area contributed by atoms with Gasteiger partial charge in [0.2, 0.25) is 0 Å². The third kappa shape index (κ3) is 4.11. The standard InChI is InChI=1S/C20H21ClN4O2/c1-2-3-8-13-24-18-11-6-4-9-15(18)16(20(24)21)14-22-23-17-10-5-7-12-19(17)25(26)27/h4-7,9-12,14,23H,2-3,8,13H2,1H3/b22-14-. The fraction of sp³-hybridized carbons (Fsp3) is 0.250. The van der Waals surface area contributed by atoms with Crippen LogP contribution in [0.25, 0.3) is 10.9 Å². The second kappa shape index (κ2) is 8.68. The van der Waals surface area contributed by atoms with Crippen molar-refractivity contribution < 1.29 is 4.92 Å². The molecule has 27 heavy (non-hydrogen) atoms. The van der Waals surface area contributed by atoms with Crippen molar-refractivity contribution in [1.82, 2.24) is 4.57 Å². The van der Waals surface area contributed by atoms with Crippen LogP contribution in [0.4, 0.5) is 11.4 Å². The van der Waals surface area contributed by atoms with Crippen molar-refractivity contribution >= 4 is 40.1 Å². The summed E-state index contributed by atoms with van der Waals surface area (Å²) in [6.45, 7) is 3.01. The van der Waals surface area contributed by atoms with E-state index in [0.29, 0.717) is 10.8 Å². The van der Waals surface area contributed by atoms with E-state index in [9.17, 15) is 10.1 Å². The zero-order valence-electron chi connectivity index (χ0n) is 15.1. The Balaban J connectivity index is 1.90. The summed E-state index contributed by atoms with van der Waals surface area (Å²) in [6, 6.07) is 14.4. The van der Waals surface area contributed by atoms with E-state index >= 15 is 0 Å². The monoisotopic (exact) mass is 384 g/mol. The molecule has 0 fully saturated rings. The quantitative estimate of drug-likeness (QED) is 0.229. The minimum absolute atomic E-state index is 0.0252. The fourth-order valence-electron chi connectivity index (χ4n) is 3.05. The third-order valence-corrected chi connectivity index (χ3v) is 4.82. The number of para-hydroxylation sites is 3. The SMILES string of the molecule is CCCCCn1c(Cl)c(/C=N\Nc2ccccc2[N+](=O)[O-])c2ccccc21. The molecule has 3 rings (SSSR count). The van der Waals surface area contributed by atoms with Crippen LogP contribution in [0.5, 0.6) is 0 Å². The summed E-state index contributed by atoms with van der Waals surface area (Å²) in [6.07, 6.45) is 4.97. The third-order valence-electron chi connectivity index (χ3n) is 4.41. The first-order valence-electron chi connectivity index (χ1n) is 8.92. The lowest BCUT2D eigenvalue weighted by Crippen LogP contribution is -1.98. The van der Waals surface area contributed by atoms with Crippen LogP contribution in [-0.2, 0) is 6.54 Å². The first kappa shape index (κ1) is 18.9. The highest BCUT2D eigenvalue weighted by atomic mass is 35.5. The van der Waals surface area contributed by atoms with E-state index in [4.69, 9.17) is 11.6 Å².